The molecule has 1 aliphatic carbocycles. The predicted molar refractivity (Wildman–Crippen MR) is 144 cm³/mol. The number of para-hydroxylation sites is 1. The molecule has 3 aromatic rings. The van der Waals surface area contributed by atoms with Crippen LogP contribution >= 0.6 is 0 Å². The molecular formula is C31H36FNO4. The minimum absolute atomic E-state index is 0.0566. The number of pyridine rings is 1. The summed E-state index contributed by atoms with van der Waals surface area (Å²) in [6, 6.07) is 14.3. The first kappa shape index (κ1) is 27.0. The lowest BCUT2D eigenvalue weighted by Crippen LogP contribution is -2.38. The number of esters is 1. The number of carbonyl (C=O) groups is 1. The van der Waals surface area contributed by atoms with Gasteiger partial charge in [0.1, 0.15) is 5.82 Å². The van der Waals surface area contributed by atoms with E-state index in [1.807, 2.05) is 44.2 Å². The Balaban J connectivity index is 1.69. The van der Waals surface area contributed by atoms with E-state index in [0.29, 0.717) is 5.92 Å². The number of hydrogen-bond donors (Lipinski definition) is 2. The molecule has 196 valence electrons. The normalized spacial score (nSPS) is 17.2. The lowest BCUT2D eigenvalue weighted by Gasteiger charge is -2.30. The maximum absolute atomic E-state index is 13.8. The van der Waals surface area contributed by atoms with Gasteiger partial charge in [-0.25, -0.2) is 4.39 Å². The summed E-state index contributed by atoms with van der Waals surface area (Å²) in [5.41, 5.74) is 1.63. The number of fused-ring (bicyclic) bond motifs is 1. The molecule has 1 saturated carbocycles. The predicted octanol–water partition coefficient (Wildman–Crippen LogP) is 6.41. The number of hydrogen-bond acceptors (Lipinski definition) is 5. The number of aromatic nitrogens is 1. The van der Waals surface area contributed by atoms with E-state index in [9.17, 15) is 19.4 Å². The first-order chi connectivity index (χ1) is 17.4. The molecule has 0 saturated heterocycles. The van der Waals surface area contributed by atoms with Crippen LogP contribution in [0.1, 0.15) is 70.6 Å². The molecule has 0 radical (unpaired) electrons. The van der Waals surface area contributed by atoms with E-state index in [4.69, 9.17) is 9.72 Å². The molecule has 2 N–H and O–H groups in total. The summed E-state index contributed by atoms with van der Waals surface area (Å²) in [7, 11) is 0. The molecule has 37 heavy (non-hydrogen) atoms. The van der Waals surface area contributed by atoms with Crippen molar-refractivity contribution in [3.8, 4) is 11.1 Å². The largest absolute Gasteiger partial charge is 0.465 e. The number of ether oxygens (including phenoxy) is 1. The number of nitrogens with zero attached hydrogens (tertiary/aromatic N) is 1. The molecule has 2 atom stereocenters. The van der Waals surface area contributed by atoms with E-state index in [2.05, 4.69) is 0 Å². The molecule has 6 heteroatoms. The van der Waals surface area contributed by atoms with Crippen molar-refractivity contribution in [2.75, 3.05) is 6.61 Å². The molecule has 0 aliphatic heterocycles. The highest BCUT2D eigenvalue weighted by Crippen LogP contribution is 2.45. The molecule has 5 nitrogen and oxygen atoms in total. The van der Waals surface area contributed by atoms with Crippen LogP contribution in [0.15, 0.2) is 54.6 Å². The Hall–Kier alpha value is -3.09. The molecule has 0 unspecified atom stereocenters. The van der Waals surface area contributed by atoms with Crippen LogP contribution in [-0.4, -0.2) is 39.0 Å². The highest BCUT2D eigenvalue weighted by Gasteiger charge is 2.34. The van der Waals surface area contributed by atoms with Crippen molar-refractivity contribution < 1.29 is 24.1 Å². The zero-order chi connectivity index (χ0) is 26.8. The van der Waals surface area contributed by atoms with Gasteiger partial charge in [-0.1, -0.05) is 56.3 Å². The van der Waals surface area contributed by atoms with Crippen LogP contribution in [0, 0.1) is 11.7 Å². The van der Waals surface area contributed by atoms with Crippen LogP contribution in [0.5, 0.6) is 0 Å². The van der Waals surface area contributed by atoms with E-state index in [-0.39, 0.29) is 31.2 Å². The van der Waals surface area contributed by atoms with Gasteiger partial charge in [0.05, 0.1) is 35.4 Å². The molecule has 0 bridgehead atoms. The first-order valence-corrected chi connectivity index (χ1v) is 12.9. The van der Waals surface area contributed by atoms with Crippen LogP contribution in [0.2, 0.25) is 0 Å². The second kappa shape index (κ2) is 10.7. The monoisotopic (exact) mass is 505 g/mol. The van der Waals surface area contributed by atoms with Crippen molar-refractivity contribution in [3.05, 3.63) is 71.7 Å². The van der Waals surface area contributed by atoms with Crippen LogP contribution in [0.25, 0.3) is 28.1 Å². The van der Waals surface area contributed by atoms with Crippen LogP contribution in [0.4, 0.5) is 4.39 Å². The third-order valence-electron chi connectivity index (χ3n) is 6.51. The lowest BCUT2D eigenvalue weighted by atomic mass is 9.85. The number of aliphatic hydroxyl groups is 2. The third kappa shape index (κ3) is 7.02. The van der Waals surface area contributed by atoms with Crippen molar-refractivity contribution in [1.29, 1.82) is 0 Å². The fraction of sp³-hybridized carbons (Fsp3) is 0.419. The Morgan fingerprint density at radius 1 is 1.14 bits per heavy atom. The van der Waals surface area contributed by atoms with Gasteiger partial charge in [0.25, 0.3) is 0 Å². The summed E-state index contributed by atoms with van der Waals surface area (Å²) < 4.78 is 19.0. The summed E-state index contributed by atoms with van der Waals surface area (Å²) in [5.74, 6) is -0.274. The lowest BCUT2D eigenvalue weighted by molar-refractivity contribution is -0.151. The smallest absolute Gasteiger partial charge is 0.308 e. The Morgan fingerprint density at radius 3 is 2.46 bits per heavy atom. The fourth-order valence-corrected chi connectivity index (χ4v) is 4.79. The van der Waals surface area contributed by atoms with Crippen molar-refractivity contribution in [1.82, 2.24) is 4.98 Å². The summed E-state index contributed by atoms with van der Waals surface area (Å²) >= 11 is 0. The Bertz CT molecular complexity index is 1290. The second-order valence-electron chi connectivity index (χ2n) is 11.2. The van der Waals surface area contributed by atoms with Gasteiger partial charge in [-0.2, -0.15) is 0 Å². The molecule has 0 amide bonds. The molecule has 2 aromatic carbocycles. The minimum atomic E-state index is -1.46. The van der Waals surface area contributed by atoms with Crippen LogP contribution < -0.4 is 0 Å². The highest BCUT2D eigenvalue weighted by molar-refractivity contribution is 5.99. The van der Waals surface area contributed by atoms with Crippen molar-refractivity contribution >= 4 is 22.9 Å². The number of benzene rings is 2. The van der Waals surface area contributed by atoms with Gasteiger partial charge in [0.2, 0.25) is 0 Å². The maximum atomic E-state index is 13.8. The molecule has 1 heterocycles. The maximum Gasteiger partial charge on any atom is 0.308 e. The first-order valence-electron chi connectivity index (χ1n) is 12.9. The Morgan fingerprint density at radius 2 is 1.81 bits per heavy atom. The van der Waals surface area contributed by atoms with Crippen molar-refractivity contribution in [2.24, 2.45) is 5.92 Å². The minimum Gasteiger partial charge on any atom is -0.465 e. The Kier molecular flexibility index (Phi) is 7.81. The van der Waals surface area contributed by atoms with Crippen LogP contribution in [-0.2, 0) is 9.53 Å². The van der Waals surface area contributed by atoms with Gasteiger partial charge < -0.3 is 14.9 Å². The molecule has 1 aliphatic rings. The quantitative estimate of drug-likeness (QED) is 0.311. The molecule has 0 spiro atoms. The number of carbonyl (C=O) groups excluding carboxylic acids is 1. The van der Waals surface area contributed by atoms with Gasteiger partial charge in [0, 0.05) is 28.9 Å². The number of rotatable bonds is 10. The van der Waals surface area contributed by atoms with E-state index in [0.717, 1.165) is 46.1 Å². The molecule has 1 aromatic heterocycles. The van der Waals surface area contributed by atoms with E-state index >= 15 is 0 Å². The van der Waals surface area contributed by atoms with Crippen molar-refractivity contribution in [3.63, 3.8) is 0 Å². The molecular weight excluding hydrogens is 469 g/mol. The van der Waals surface area contributed by atoms with E-state index < -0.39 is 17.2 Å². The third-order valence-corrected chi connectivity index (χ3v) is 6.51. The molecule has 1 fully saturated rings. The summed E-state index contributed by atoms with van der Waals surface area (Å²) in [6.07, 6.45) is 5.33. The zero-order valence-electron chi connectivity index (χ0n) is 22.0. The summed E-state index contributed by atoms with van der Waals surface area (Å²) in [5, 5.41) is 23.1. The average Bonchev–Trinajstić information content (AvgIpc) is 3.66. The highest BCUT2D eigenvalue weighted by atomic mass is 19.1. The SMILES string of the molecule is CC(C)COC(=O)C[C@](C)(O)C[C@](C)(O)/C=C/c1c(C2CC2)nc2ccccc2c1-c1ccc(F)cc1. The van der Waals surface area contributed by atoms with Gasteiger partial charge in [-0.15, -0.1) is 0 Å². The average molecular weight is 506 g/mol. The van der Waals surface area contributed by atoms with Gasteiger partial charge >= 0.3 is 5.97 Å². The van der Waals surface area contributed by atoms with Gasteiger partial charge in [-0.05, 0) is 56.4 Å². The van der Waals surface area contributed by atoms with Crippen molar-refractivity contribution in [2.45, 2.75) is 70.5 Å². The zero-order valence-corrected chi connectivity index (χ0v) is 22.0. The molecule has 4 rings (SSSR count). The second-order valence-corrected chi connectivity index (χ2v) is 11.2. The standard InChI is InChI=1S/C31H36FNO4/c1-20(2)18-37-27(34)17-31(4,36)19-30(3,35)16-15-25-28(21-11-13-23(32)14-12-21)24-7-5-6-8-26(24)33-29(25)22-9-10-22/h5-8,11-16,20,22,35-36H,9-10,17-19H2,1-4H3/b16-15+/t30-,31+/m1/s1. The van der Waals surface area contributed by atoms with E-state index in [1.54, 1.807) is 25.1 Å². The topological polar surface area (TPSA) is 79.7 Å². The summed E-state index contributed by atoms with van der Waals surface area (Å²) in [6.45, 7) is 7.32. The summed E-state index contributed by atoms with van der Waals surface area (Å²) in [4.78, 5) is 17.2. The van der Waals surface area contributed by atoms with Gasteiger partial charge in [-0.3, -0.25) is 9.78 Å². The number of halogens is 1. The van der Waals surface area contributed by atoms with Crippen LogP contribution in [0.3, 0.4) is 0 Å². The van der Waals surface area contributed by atoms with E-state index in [1.165, 1.54) is 19.1 Å². The van der Waals surface area contributed by atoms with Gasteiger partial charge in [0.15, 0.2) is 0 Å². The Labute approximate surface area is 218 Å². The fourth-order valence-electron chi connectivity index (χ4n) is 4.79.